The molecule has 1 amide bonds. The molecular weight excluding hydrogens is 356 g/mol. The Morgan fingerprint density at radius 1 is 1.28 bits per heavy atom. The van der Waals surface area contributed by atoms with Crippen molar-refractivity contribution < 1.29 is 14.3 Å². The van der Waals surface area contributed by atoms with Gasteiger partial charge in [0.25, 0.3) is 5.91 Å². The van der Waals surface area contributed by atoms with Crippen LogP contribution >= 0.6 is 22.7 Å². The van der Waals surface area contributed by atoms with Crippen molar-refractivity contribution in [3.8, 4) is 0 Å². The van der Waals surface area contributed by atoms with Crippen LogP contribution in [0.1, 0.15) is 17.4 Å². The summed E-state index contributed by atoms with van der Waals surface area (Å²) >= 11 is 2.95. The van der Waals surface area contributed by atoms with Gasteiger partial charge in [-0.05, 0) is 35.6 Å². The van der Waals surface area contributed by atoms with E-state index in [4.69, 9.17) is 4.74 Å². The van der Waals surface area contributed by atoms with Gasteiger partial charge in [-0.15, -0.1) is 11.3 Å². The van der Waals surface area contributed by atoms with E-state index in [1.807, 2.05) is 29.6 Å². The van der Waals surface area contributed by atoms with Gasteiger partial charge in [0.1, 0.15) is 6.54 Å². The lowest BCUT2D eigenvalue weighted by Gasteiger charge is -2.04. The standard InChI is InChI=1S/C18H18N2O3S2/c1-3-12-6-7-14-15(9-12)25-18(20(14)11-17(22)23-2)19-16(21)10-13-5-4-8-24-13/h4-9H,3,10-11H2,1-2H3. The monoisotopic (exact) mass is 374 g/mol. The van der Waals surface area contributed by atoms with Crippen molar-refractivity contribution in [3.63, 3.8) is 0 Å². The van der Waals surface area contributed by atoms with E-state index in [9.17, 15) is 9.59 Å². The van der Waals surface area contributed by atoms with Crippen molar-refractivity contribution >= 4 is 44.8 Å². The SMILES string of the molecule is CCc1ccc2c(c1)sc(=NC(=O)Cc1cccs1)n2CC(=O)OC. The summed E-state index contributed by atoms with van der Waals surface area (Å²) in [5, 5.41) is 1.94. The molecule has 7 heteroatoms. The van der Waals surface area contributed by atoms with Crippen molar-refractivity contribution in [2.24, 2.45) is 4.99 Å². The fraction of sp³-hybridized carbons (Fsp3) is 0.278. The molecule has 2 aromatic heterocycles. The number of thiazole rings is 1. The van der Waals surface area contributed by atoms with E-state index in [1.165, 1.54) is 35.3 Å². The summed E-state index contributed by atoms with van der Waals surface area (Å²) in [4.78, 5) is 29.8. The summed E-state index contributed by atoms with van der Waals surface area (Å²) in [5.41, 5.74) is 2.09. The topological polar surface area (TPSA) is 60.7 Å². The molecule has 0 aliphatic carbocycles. The zero-order valence-electron chi connectivity index (χ0n) is 14.0. The number of aromatic nitrogens is 1. The number of carbonyl (C=O) groups excluding carboxylic acids is 2. The highest BCUT2D eigenvalue weighted by molar-refractivity contribution is 7.16. The number of amides is 1. The molecule has 0 aliphatic heterocycles. The summed E-state index contributed by atoms with van der Waals surface area (Å²) in [7, 11) is 1.35. The van der Waals surface area contributed by atoms with Crippen LogP contribution in [0.5, 0.6) is 0 Å². The Morgan fingerprint density at radius 3 is 2.80 bits per heavy atom. The van der Waals surface area contributed by atoms with Crippen LogP contribution in [0.3, 0.4) is 0 Å². The molecule has 0 unspecified atom stereocenters. The summed E-state index contributed by atoms with van der Waals surface area (Å²) in [6.45, 7) is 2.13. The summed E-state index contributed by atoms with van der Waals surface area (Å²) in [6, 6.07) is 9.91. The number of benzene rings is 1. The fourth-order valence-corrected chi connectivity index (χ4v) is 4.28. The second-order valence-electron chi connectivity index (χ2n) is 5.46. The maximum absolute atomic E-state index is 12.3. The first kappa shape index (κ1) is 17.6. The van der Waals surface area contributed by atoms with Crippen molar-refractivity contribution in [1.29, 1.82) is 0 Å². The van der Waals surface area contributed by atoms with Gasteiger partial charge in [-0.1, -0.05) is 30.4 Å². The molecule has 0 saturated carbocycles. The van der Waals surface area contributed by atoms with Crippen LogP contribution in [0.4, 0.5) is 0 Å². The number of hydrogen-bond acceptors (Lipinski definition) is 5. The average Bonchev–Trinajstić information content (AvgIpc) is 3.22. The minimum absolute atomic E-state index is 0.0348. The number of nitrogens with zero attached hydrogens (tertiary/aromatic N) is 2. The molecule has 25 heavy (non-hydrogen) atoms. The Hall–Kier alpha value is -2.25. The molecule has 2 heterocycles. The van der Waals surface area contributed by atoms with Crippen LogP contribution in [-0.2, 0) is 33.7 Å². The Morgan fingerprint density at radius 2 is 2.12 bits per heavy atom. The lowest BCUT2D eigenvalue weighted by Crippen LogP contribution is -2.22. The Balaban J connectivity index is 2.04. The van der Waals surface area contributed by atoms with Gasteiger partial charge >= 0.3 is 5.97 Å². The van der Waals surface area contributed by atoms with Crippen LogP contribution in [0, 0.1) is 0 Å². The van der Waals surface area contributed by atoms with E-state index >= 15 is 0 Å². The highest BCUT2D eigenvalue weighted by Crippen LogP contribution is 2.20. The third-order valence-corrected chi connectivity index (χ3v) is 5.71. The molecule has 1 aromatic carbocycles. The average molecular weight is 374 g/mol. The molecule has 0 aliphatic rings. The third-order valence-electron chi connectivity index (χ3n) is 3.80. The fourth-order valence-electron chi connectivity index (χ4n) is 2.48. The van der Waals surface area contributed by atoms with Crippen molar-refractivity contribution in [2.45, 2.75) is 26.3 Å². The molecular formula is C18H18N2O3S2. The Labute approximate surface area is 153 Å². The molecule has 0 N–H and O–H groups in total. The van der Waals surface area contributed by atoms with Gasteiger partial charge in [-0.25, -0.2) is 0 Å². The number of methoxy groups -OCH3 is 1. The van der Waals surface area contributed by atoms with E-state index in [0.717, 1.165) is 21.5 Å². The number of carbonyl (C=O) groups is 2. The summed E-state index contributed by atoms with van der Waals surface area (Å²) < 4.78 is 7.54. The minimum Gasteiger partial charge on any atom is -0.468 e. The zero-order valence-corrected chi connectivity index (χ0v) is 15.7. The normalized spacial score (nSPS) is 11.8. The second kappa shape index (κ2) is 7.76. The van der Waals surface area contributed by atoms with Crippen LogP contribution in [0.2, 0.25) is 0 Å². The molecule has 130 valence electrons. The lowest BCUT2D eigenvalue weighted by molar-refractivity contribution is -0.141. The molecule has 3 aromatic rings. The van der Waals surface area contributed by atoms with Gasteiger partial charge in [0.15, 0.2) is 4.80 Å². The highest BCUT2D eigenvalue weighted by Gasteiger charge is 2.12. The van der Waals surface area contributed by atoms with Crippen molar-refractivity contribution in [3.05, 3.63) is 51.0 Å². The first-order valence-electron chi connectivity index (χ1n) is 7.89. The number of thiophene rings is 1. The molecule has 0 saturated heterocycles. The maximum Gasteiger partial charge on any atom is 0.325 e. The summed E-state index contributed by atoms with van der Waals surface area (Å²) in [6.07, 6.45) is 1.19. The first-order chi connectivity index (χ1) is 12.1. The van der Waals surface area contributed by atoms with Gasteiger partial charge in [-0.2, -0.15) is 4.99 Å². The Bertz CT molecular complexity index is 968. The van der Waals surface area contributed by atoms with Gasteiger partial charge in [0.05, 0.1) is 23.7 Å². The first-order valence-corrected chi connectivity index (χ1v) is 9.59. The van der Waals surface area contributed by atoms with Crippen molar-refractivity contribution in [2.75, 3.05) is 7.11 Å². The quantitative estimate of drug-likeness (QED) is 0.645. The van der Waals surface area contributed by atoms with E-state index in [-0.39, 0.29) is 24.8 Å². The number of aryl methyl sites for hydroxylation is 1. The molecule has 0 fully saturated rings. The smallest absolute Gasteiger partial charge is 0.325 e. The van der Waals surface area contributed by atoms with Gasteiger partial charge in [-0.3, -0.25) is 9.59 Å². The van der Waals surface area contributed by atoms with E-state index in [1.54, 1.807) is 4.57 Å². The van der Waals surface area contributed by atoms with Gasteiger partial charge < -0.3 is 9.30 Å². The largest absolute Gasteiger partial charge is 0.468 e. The minimum atomic E-state index is -0.369. The molecule has 0 bridgehead atoms. The van der Waals surface area contributed by atoms with Gasteiger partial charge in [0.2, 0.25) is 0 Å². The van der Waals surface area contributed by atoms with E-state index in [0.29, 0.717) is 4.80 Å². The number of hydrogen-bond donors (Lipinski definition) is 0. The van der Waals surface area contributed by atoms with Gasteiger partial charge in [0, 0.05) is 4.88 Å². The van der Waals surface area contributed by atoms with Crippen LogP contribution in [0.25, 0.3) is 10.2 Å². The number of esters is 1. The second-order valence-corrected chi connectivity index (χ2v) is 7.51. The number of fused-ring (bicyclic) bond motifs is 1. The predicted molar refractivity (Wildman–Crippen MR) is 99.8 cm³/mol. The zero-order chi connectivity index (χ0) is 17.8. The van der Waals surface area contributed by atoms with Crippen LogP contribution in [0.15, 0.2) is 40.7 Å². The number of ether oxygens (including phenoxy) is 1. The molecule has 5 nitrogen and oxygen atoms in total. The summed E-state index contributed by atoms with van der Waals surface area (Å²) in [5.74, 6) is -0.588. The molecule has 0 spiro atoms. The van der Waals surface area contributed by atoms with Crippen LogP contribution < -0.4 is 4.80 Å². The van der Waals surface area contributed by atoms with Crippen molar-refractivity contribution in [1.82, 2.24) is 4.57 Å². The third kappa shape index (κ3) is 4.05. The molecule has 3 rings (SSSR count). The Kier molecular flexibility index (Phi) is 5.45. The van der Waals surface area contributed by atoms with E-state index < -0.39 is 0 Å². The lowest BCUT2D eigenvalue weighted by atomic mass is 10.2. The van der Waals surface area contributed by atoms with E-state index in [2.05, 4.69) is 18.0 Å². The highest BCUT2D eigenvalue weighted by atomic mass is 32.1. The number of rotatable bonds is 5. The predicted octanol–water partition coefficient (Wildman–Crippen LogP) is 3.17. The van der Waals surface area contributed by atoms with Crippen LogP contribution in [-0.4, -0.2) is 23.6 Å². The maximum atomic E-state index is 12.3. The molecule has 0 atom stereocenters. The molecule has 0 radical (unpaired) electrons.